The molecule has 1 unspecified atom stereocenters. The van der Waals surface area contributed by atoms with E-state index in [0.29, 0.717) is 6.61 Å². The summed E-state index contributed by atoms with van der Waals surface area (Å²) in [6, 6.07) is 8.56. The van der Waals surface area contributed by atoms with E-state index in [4.69, 9.17) is 10.6 Å². The first-order chi connectivity index (χ1) is 9.83. The second-order valence-corrected chi connectivity index (χ2v) is 5.80. The SMILES string of the molecule is CCOc1ccc(C(CCC2CCCCC2)NN)cc1. The maximum atomic E-state index is 5.74. The average Bonchev–Trinajstić information content (AvgIpc) is 2.51. The molecule has 112 valence electrons. The fourth-order valence-corrected chi connectivity index (χ4v) is 3.19. The summed E-state index contributed by atoms with van der Waals surface area (Å²) >= 11 is 0. The normalized spacial score (nSPS) is 17.9. The smallest absolute Gasteiger partial charge is 0.119 e. The van der Waals surface area contributed by atoms with E-state index in [0.717, 1.165) is 18.1 Å². The van der Waals surface area contributed by atoms with Gasteiger partial charge in [-0.2, -0.15) is 0 Å². The summed E-state index contributed by atoms with van der Waals surface area (Å²) in [5.74, 6) is 7.57. The minimum Gasteiger partial charge on any atom is -0.494 e. The highest BCUT2D eigenvalue weighted by molar-refractivity contribution is 5.29. The largest absolute Gasteiger partial charge is 0.494 e. The molecule has 0 radical (unpaired) electrons. The fourth-order valence-electron chi connectivity index (χ4n) is 3.19. The second-order valence-electron chi connectivity index (χ2n) is 5.80. The molecule has 3 nitrogen and oxygen atoms in total. The topological polar surface area (TPSA) is 47.3 Å². The Kier molecular flexibility index (Phi) is 6.34. The van der Waals surface area contributed by atoms with Gasteiger partial charge in [0.25, 0.3) is 0 Å². The van der Waals surface area contributed by atoms with E-state index in [1.54, 1.807) is 0 Å². The van der Waals surface area contributed by atoms with Gasteiger partial charge in [0.2, 0.25) is 0 Å². The van der Waals surface area contributed by atoms with Crippen molar-refractivity contribution in [2.75, 3.05) is 6.61 Å². The van der Waals surface area contributed by atoms with Crippen molar-refractivity contribution < 1.29 is 4.74 Å². The van der Waals surface area contributed by atoms with Crippen LogP contribution in [-0.4, -0.2) is 6.61 Å². The third kappa shape index (κ3) is 4.50. The number of rotatable bonds is 7. The minimum absolute atomic E-state index is 0.257. The van der Waals surface area contributed by atoms with Gasteiger partial charge < -0.3 is 4.74 Å². The van der Waals surface area contributed by atoms with E-state index in [-0.39, 0.29) is 6.04 Å². The lowest BCUT2D eigenvalue weighted by atomic mass is 9.84. The van der Waals surface area contributed by atoms with Crippen LogP contribution >= 0.6 is 0 Å². The van der Waals surface area contributed by atoms with Gasteiger partial charge in [-0.1, -0.05) is 44.2 Å². The van der Waals surface area contributed by atoms with Crippen LogP contribution in [0.15, 0.2) is 24.3 Å². The summed E-state index contributed by atoms with van der Waals surface area (Å²) in [5.41, 5.74) is 4.22. The van der Waals surface area contributed by atoms with Crippen molar-refractivity contribution in [3.8, 4) is 5.75 Å². The summed E-state index contributed by atoms with van der Waals surface area (Å²) in [5, 5.41) is 0. The average molecular weight is 276 g/mol. The van der Waals surface area contributed by atoms with Gasteiger partial charge in [-0.15, -0.1) is 0 Å². The zero-order valence-electron chi connectivity index (χ0n) is 12.6. The quantitative estimate of drug-likeness (QED) is 0.585. The first-order valence-electron chi connectivity index (χ1n) is 8.02. The molecular formula is C17H28N2O. The van der Waals surface area contributed by atoms with E-state index in [1.165, 1.54) is 44.1 Å². The zero-order chi connectivity index (χ0) is 14.2. The molecule has 20 heavy (non-hydrogen) atoms. The molecule has 0 aromatic heterocycles. The highest BCUT2D eigenvalue weighted by Gasteiger charge is 2.16. The van der Waals surface area contributed by atoms with E-state index in [1.807, 2.05) is 19.1 Å². The molecule has 0 bridgehead atoms. The van der Waals surface area contributed by atoms with Gasteiger partial charge in [-0.05, 0) is 43.4 Å². The molecular weight excluding hydrogens is 248 g/mol. The molecule has 1 fully saturated rings. The molecule has 0 aliphatic heterocycles. The van der Waals surface area contributed by atoms with Crippen molar-refractivity contribution >= 4 is 0 Å². The molecule has 0 amide bonds. The Hall–Kier alpha value is -1.06. The van der Waals surface area contributed by atoms with E-state index >= 15 is 0 Å². The number of benzene rings is 1. The lowest BCUT2D eigenvalue weighted by molar-refractivity contribution is 0.314. The van der Waals surface area contributed by atoms with Gasteiger partial charge in [0.05, 0.1) is 6.61 Å². The van der Waals surface area contributed by atoms with Crippen LogP contribution in [0.25, 0.3) is 0 Å². The molecule has 3 heteroatoms. The monoisotopic (exact) mass is 276 g/mol. The third-order valence-electron chi connectivity index (χ3n) is 4.38. The van der Waals surface area contributed by atoms with Crippen molar-refractivity contribution in [2.45, 2.75) is 57.9 Å². The van der Waals surface area contributed by atoms with E-state index in [2.05, 4.69) is 17.6 Å². The molecule has 1 aliphatic rings. The predicted molar refractivity (Wildman–Crippen MR) is 83.5 cm³/mol. The first kappa shape index (κ1) is 15.3. The molecule has 1 aromatic carbocycles. The third-order valence-corrected chi connectivity index (χ3v) is 4.38. The highest BCUT2D eigenvalue weighted by atomic mass is 16.5. The zero-order valence-corrected chi connectivity index (χ0v) is 12.6. The summed E-state index contributed by atoms with van der Waals surface area (Å²) in [6.07, 6.45) is 9.45. The second kappa shape index (κ2) is 8.28. The Labute approximate surface area is 122 Å². The van der Waals surface area contributed by atoms with E-state index in [9.17, 15) is 0 Å². The van der Waals surface area contributed by atoms with Crippen LogP contribution in [-0.2, 0) is 0 Å². The summed E-state index contributed by atoms with van der Waals surface area (Å²) in [7, 11) is 0. The standard InChI is InChI=1S/C17H28N2O/c1-2-20-16-11-9-15(10-12-16)17(19-18)13-8-14-6-4-3-5-7-14/h9-12,14,17,19H,2-8,13,18H2,1H3. The lowest BCUT2D eigenvalue weighted by Gasteiger charge is -2.24. The van der Waals surface area contributed by atoms with E-state index < -0.39 is 0 Å². The number of hydrazine groups is 1. The van der Waals surface area contributed by atoms with Gasteiger partial charge in [0, 0.05) is 6.04 Å². The molecule has 0 heterocycles. The van der Waals surface area contributed by atoms with Crippen molar-refractivity contribution in [1.29, 1.82) is 0 Å². The highest BCUT2D eigenvalue weighted by Crippen LogP contribution is 2.30. The number of nitrogens with two attached hydrogens (primary N) is 1. The Morgan fingerprint density at radius 3 is 2.50 bits per heavy atom. The van der Waals surface area contributed by atoms with Crippen LogP contribution in [0.4, 0.5) is 0 Å². The van der Waals surface area contributed by atoms with Gasteiger partial charge in [-0.25, -0.2) is 0 Å². The van der Waals surface area contributed by atoms with Crippen LogP contribution in [0.5, 0.6) is 5.75 Å². The van der Waals surface area contributed by atoms with Crippen LogP contribution in [0.1, 0.15) is 63.5 Å². The maximum absolute atomic E-state index is 5.74. The predicted octanol–water partition coefficient (Wildman–Crippen LogP) is 3.95. The van der Waals surface area contributed by atoms with Gasteiger partial charge >= 0.3 is 0 Å². The Bertz CT molecular complexity index is 371. The van der Waals surface area contributed by atoms with Crippen LogP contribution in [0.3, 0.4) is 0 Å². The summed E-state index contributed by atoms with van der Waals surface area (Å²) in [4.78, 5) is 0. The Balaban J connectivity index is 1.86. The molecule has 1 atom stereocenters. The lowest BCUT2D eigenvalue weighted by Crippen LogP contribution is -2.28. The molecule has 1 aliphatic carbocycles. The number of ether oxygens (including phenoxy) is 1. The molecule has 1 aromatic rings. The summed E-state index contributed by atoms with van der Waals surface area (Å²) in [6.45, 7) is 2.71. The van der Waals surface area contributed by atoms with Gasteiger partial charge in [0.15, 0.2) is 0 Å². The van der Waals surface area contributed by atoms with Crippen LogP contribution in [0, 0.1) is 5.92 Å². The van der Waals surface area contributed by atoms with Crippen LogP contribution in [0.2, 0.25) is 0 Å². The molecule has 0 saturated heterocycles. The number of hydrogen-bond acceptors (Lipinski definition) is 3. The van der Waals surface area contributed by atoms with Crippen molar-refractivity contribution in [1.82, 2.24) is 5.43 Å². The van der Waals surface area contributed by atoms with Gasteiger partial charge in [0.1, 0.15) is 5.75 Å². The maximum Gasteiger partial charge on any atom is 0.119 e. The van der Waals surface area contributed by atoms with Gasteiger partial charge in [-0.3, -0.25) is 11.3 Å². The Morgan fingerprint density at radius 2 is 1.90 bits per heavy atom. The molecule has 2 rings (SSSR count). The van der Waals surface area contributed by atoms with Crippen molar-refractivity contribution in [3.63, 3.8) is 0 Å². The Morgan fingerprint density at radius 1 is 1.20 bits per heavy atom. The number of hydrogen-bond donors (Lipinski definition) is 2. The fraction of sp³-hybridized carbons (Fsp3) is 0.647. The first-order valence-corrected chi connectivity index (χ1v) is 8.02. The molecule has 3 N–H and O–H groups in total. The minimum atomic E-state index is 0.257. The van der Waals surface area contributed by atoms with Crippen LogP contribution < -0.4 is 16.0 Å². The number of nitrogens with one attached hydrogen (secondary N) is 1. The van der Waals surface area contributed by atoms with Crippen molar-refractivity contribution in [2.24, 2.45) is 11.8 Å². The van der Waals surface area contributed by atoms with Crippen molar-refractivity contribution in [3.05, 3.63) is 29.8 Å². The molecule has 1 saturated carbocycles. The molecule has 0 spiro atoms. The summed E-state index contributed by atoms with van der Waals surface area (Å²) < 4.78 is 5.48.